The number of pyridine rings is 1. The molecule has 0 bridgehead atoms. The highest BCUT2D eigenvalue weighted by molar-refractivity contribution is 5.77. The van der Waals surface area contributed by atoms with E-state index in [1.165, 1.54) is 24.3 Å². The Morgan fingerprint density at radius 3 is 1.36 bits per heavy atom. The molecule has 0 aliphatic carbocycles. The predicted octanol–water partition coefficient (Wildman–Crippen LogP) is 5.97. The van der Waals surface area contributed by atoms with E-state index in [9.17, 15) is 20.2 Å². The summed E-state index contributed by atoms with van der Waals surface area (Å²) in [7, 11) is 3.95. The lowest BCUT2D eigenvalue weighted by molar-refractivity contribution is -0.385. The molecule has 1 heterocycles. The predicted molar refractivity (Wildman–Crippen MR) is 128 cm³/mol. The van der Waals surface area contributed by atoms with Gasteiger partial charge >= 0.3 is 0 Å². The van der Waals surface area contributed by atoms with E-state index in [0.717, 1.165) is 27.9 Å². The van der Waals surface area contributed by atoms with E-state index < -0.39 is 9.85 Å². The highest BCUT2D eigenvalue weighted by Crippen LogP contribution is 2.32. The fraction of sp³-hybridized carbons (Fsp3) is 0.0800. The smallest absolute Gasteiger partial charge is 0.269 e. The minimum atomic E-state index is -0.442. The average Bonchev–Trinajstić information content (AvgIpc) is 2.84. The Kier molecular flexibility index (Phi) is 5.82. The summed E-state index contributed by atoms with van der Waals surface area (Å²) in [5, 5.41) is 22.0. The maximum Gasteiger partial charge on any atom is 0.269 e. The van der Waals surface area contributed by atoms with Crippen LogP contribution in [0.5, 0.6) is 0 Å². The number of non-ortho nitro benzene ring substituents is 2. The second-order valence-electron chi connectivity index (χ2n) is 7.68. The Labute approximate surface area is 190 Å². The van der Waals surface area contributed by atoms with E-state index in [0.29, 0.717) is 11.4 Å². The maximum absolute atomic E-state index is 11.0. The number of nitro groups is 2. The quantitative estimate of drug-likeness (QED) is 0.270. The van der Waals surface area contributed by atoms with Crippen LogP contribution in [0.1, 0.15) is 0 Å². The molecule has 8 heteroatoms. The monoisotopic (exact) mass is 440 g/mol. The standard InChI is InChI=1S/C25H20N4O4/c1-27(2)21-9-3-17(4-10-21)20-15-24(18-5-11-22(12-6-18)28(30)31)26-25(16-20)19-7-13-23(14-8-19)29(32)33/h3-16H,1-2H3. The number of rotatable bonds is 6. The van der Waals surface area contributed by atoms with Gasteiger partial charge in [-0.05, 0) is 59.7 Å². The van der Waals surface area contributed by atoms with Crippen molar-refractivity contribution in [2.45, 2.75) is 0 Å². The van der Waals surface area contributed by atoms with E-state index in [1.807, 2.05) is 55.4 Å². The fourth-order valence-electron chi connectivity index (χ4n) is 3.45. The molecule has 33 heavy (non-hydrogen) atoms. The summed E-state index contributed by atoms with van der Waals surface area (Å²) in [4.78, 5) is 27.9. The number of anilines is 1. The number of nitrogens with zero attached hydrogens (tertiary/aromatic N) is 4. The minimum Gasteiger partial charge on any atom is -0.378 e. The molecule has 164 valence electrons. The molecule has 0 amide bonds. The highest BCUT2D eigenvalue weighted by atomic mass is 16.6. The van der Waals surface area contributed by atoms with Gasteiger partial charge in [0.1, 0.15) is 0 Å². The molecule has 0 atom stereocenters. The van der Waals surface area contributed by atoms with Crippen LogP contribution in [0.25, 0.3) is 33.6 Å². The third-order valence-corrected chi connectivity index (χ3v) is 5.29. The van der Waals surface area contributed by atoms with E-state index in [2.05, 4.69) is 0 Å². The Balaban J connectivity index is 1.83. The van der Waals surface area contributed by atoms with Crippen LogP contribution in [0, 0.1) is 20.2 Å². The van der Waals surface area contributed by atoms with Crippen molar-refractivity contribution in [3.8, 4) is 33.6 Å². The number of aromatic nitrogens is 1. The van der Waals surface area contributed by atoms with Crippen LogP contribution in [0.4, 0.5) is 17.1 Å². The van der Waals surface area contributed by atoms with Crippen molar-refractivity contribution in [1.82, 2.24) is 4.98 Å². The molecule has 3 aromatic carbocycles. The lowest BCUT2D eigenvalue weighted by Gasteiger charge is -2.14. The number of nitro benzene ring substituents is 2. The number of hydrogen-bond donors (Lipinski definition) is 0. The van der Waals surface area contributed by atoms with Crippen molar-refractivity contribution >= 4 is 17.1 Å². The SMILES string of the molecule is CN(C)c1ccc(-c2cc(-c3ccc([N+](=O)[O-])cc3)nc(-c3ccc([N+](=O)[O-])cc3)c2)cc1. The zero-order valence-electron chi connectivity index (χ0n) is 18.0. The summed E-state index contributed by atoms with van der Waals surface area (Å²) in [5.74, 6) is 0. The Bertz CT molecular complexity index is 1240. The van der Waals surface area contributed by atoms with E-state index in [-0.39, 0.29) is 11.4 Å². The summed E-state index contributed by atoms with van der Waals surface area (Å²) in [6.45, 7) is 0. The maximum atomic E-state index is 11.0. The summed E-state index contributed by atoms with van der Waals surface area (Å²) >= 11 is 0. The van der Waals surface area contributed by atoms with Gasteiger partial charge in [0, 0.05) is 55.2 Å². The van der Waals surface area contributed by atoms with Crippen LogP contribution in [0.3, 0.4) is 0 Å². The molecular weight excluding hydrogens is 420 g/mol. The van der Waals surface area contributed by atoms with Gasteiger partial charge in [-0.3, -0.25) is 20.2 Å². The molecular formula is C25H20N4O4. The van der Waals surface area contributed by atoms with Gasteiger partial charge < -0.3 is 4.90 Å². The molecule has 4 rings (SSSR count). The van der Waals surface area contributed by atoms with Gasteiger partial charge in [-0.1, -0.05) is 12.1 Å². The molecule has 1 aromatic heterocycles. The van der Waals surface area contributed by atoms with Gasteiger partial charge in [0.25, 0.3) is 11.4 Å². The summed E-state index contributed by atoms with van der Waals surface area (Å²) < 4.78 is 0. The first kappa shape index (κ1) is 21.6. The Morgan fingerprint density at radius 2 is 1.00 bits per heavy atom. The molecule has 0 saturated heterocycles. The van der Waals surface area contributed by atoms with Gasteiger partial charge in [0.15, 0.2) is 0 Å². The van der Waals surface area contributed by atoms with Crippen LogP contribution < -0.4 is 4.90 Å². The van der Waals surface area contributed by atoms with Crippen molar-refractivity contribution in [3.63, 3.8) is 0 Å². The van der Waals surface area contributed by atoms with E-state index in [1.54, 1.807) is 24.3 Å². The molecule has 0 radical (unpaired) electrons. The van der Waals surface area contributed by atoms with Crippen molar-refractivity contribution in [3.05, 3.63) is 105 Å². The van der Waals surface area contributed by atoms with Gasteiger partial charge in [-0.15, -0.1) is 0 Å². The first-order valence-corrected chi connectivity index (χ1v) is 10.1. The van der Waals surface area contributed by atoms with Gasteiger partial charge in [0.05, 0.1) is 21.2 Å². The van der Waals surface area contributed by atoms with Crippen molar-refractivity contribution in [2.24, 2.45) is 0 Å². The zero-order chi connectivity index (χ0) is 23.5. The van der Waals surface area contributed by atoms with Crippen LogP contribution in [-0.4, -0.2) is 28.9 Å². The second kappa shape index (κ2) is 8.88. The summed E-state index contributed by atoms with van der Waals surface area (Å²) in [6.07, 6.45) is 0. The highest BCUT2D eigenvalue weighted by Gasteiger charge is 2.12. The van der Waals surface area contributed by atoms with Crippen molar-refractivity contribution < 1.29 is 9.85 Å². The van der Waals surface area contributed by atoms with E-state index >= 15 is 0 Å². The van der Waals surface area contributed by atoms with Gasteiger partial charge in [-0.25, -0.2) is 4.98 Å². The molecule has 0 fully saturated rings. The lowest BCUT2D eigenvalue weighted by Crippen LogP contribution is -2.07. The third kappa shape index (κ3) is 4.69. The Morgan fingerprint density at radius 1 is 0.606 bits per heavy atom. The van der Waals surface area contributed by atoms with Crippen molar-refractivity contribution in [2.75, 3.05) is 19.0 Å². The Hall–Kier alpha value is -4.59. The average molecular weight is 440 g/mol. The summed E-state index contributed by atoms with van der Waals surface area (Å²) in [6, 6.07) is 24.4. The lowest BCUT2D eigenvalue weighted by atomic mass is 9.99. The normalized spacial score (nSPS) is 10.6. The largest absolute Gasteiger partial charge is 0.378 e. The number of hydrogen-bond acceptors (Lipinski definition) is 6. The third-order valence-electron chi connectivity index (χ3n) is 5.29. The first-order valence-electron chi connectivity index (χ1n) is 10.1. The molecule has 0 spiro atoms. The second-order valence-corrected chi connectivity index (χ2v) is 7.68. The minimum absolute atomic E-state index is 0.00442. The molecule has 8 nitrogen and oxygen atoms in total. The first-order chi connectivity index (χ1) is 15.8. The molecule has 0 unspecified atom stereocenters. The van der Waals surface area contributed by atoms with Crippen LogP contribution in [0.2, 0.25) is 0 Å². The summed E-state index contributed by atoms with van der Waals surface area (Å²) in [5.41, 5.74) is 5.73. The van der Waals surface area contributed by atoms with Crippen LogP contribution >= 0.6 is 0 Å². The molecule has 4 aromatic rings. The fourth-order valence-corrected chi connectivity index (χ4v) is 3.45. The molecule has 0 N–H and O–H groups in total. The van der Waals surface area contributed by atoms with Crippen molar-refractivity contribution in [1.29, 1.82) is 0 Å². The van der Waals surface area contributed by atoms with Crippen LogP contribution in [0.15, 0.2) is 84.9 Å². The molecule has 0 aliphatic heterocycles. The van der Waals surface area contributed by atoms with E-state index in [4.69, 9.17) is 4.98 Å². The molecule has 0 aliphatic rings. The topological polar surface area (TPSA) is 102 Å². The zero-order valence-corrected chi connectivity index (χ0v) is 18.0. The number of benzene rings is 3. The van der Waals surface area contributed by atoms with Gasteiger partial charge in [-0.2, -0.15) is 0 Å². The van der Waals surface area contributed by atoms with Gasteiger partial charge in [0.2, 0.25) is 0 Å². The molecule has 0 saturated carbocycles. The van der Waals surface area contributed by atoms with Crippen LogP contribution in [-0.2, 0) is 0 Å².